The number of rotatable bonds is 2. The number of halogens is 2. The minimum Gasteiger partial charge on any atom is -0.371 e. The van der Waals surface area contributed by atoms with Crippen LogP contribution < -0.4 is 5.32 Å². The van der Waals surface area contributed by atoms with Gasteiger partial charge in [0.15, 0.2) is 0 Å². The van der Waals surface area contributed by atoms with E-state index in [-0.39, 0.29) is 0 Å². The molecule has 4 heteroatoms. The zero-order valence-electron chi connectivity index (χ0n) is 6.14. The molecule has 62 valence electrons. The summed E-state index contributed by atoms with van der Waals surface area (Å²) in [6.07, 6.45) is 0. The van der Waals surface area contributed by atoms with Crippen LogP contribution >= 0.6 is 31.9 Å². The van der Waals surface area contributed by atoms with Crippen molar-refractivity contribution in [3.05, 3.63) is 27.1 Å². The fourth-order valence-corrected chi connectivity index (χ4v) is 1.95. The Morgan fingerprint density at radius 3 is 2.75 bits per heavy atom. The van der Waals surface area contributed by atoms with Crippen LogP contribution in [0.5, 0.6) is 0 Å². The molecule has 0 heterocycles. The zero-order chi connectivity index (χ0) is 8.97. The molecule has 0 aromatic heterocycles. The van der Waals surface area contributed by atoms with Crippen molar-refractivity contribution in [2.24, 2.45) is 0 Å². The Hall–Kier alpha value is -0.530. The Bertz CT molecular complexity index is 317. The third-order valence-corrected chi connectivity index (χ3v) is 2.44. The largest absolute Gasteiger partial charge is 0.371 e. The highest BCUT2D eigenvalue weighted by Gasteiger charge is 1.97. The Morgan fingerprint density at radius 1 is 1.42 bits per heavy atom. The van der Waals surface area contributed by atoms with Gasteiger partial charge in [-0.3, -0.25) is 0 Å². The molecule has 0 aliphatic heterocycles. The molecule has 1 N–H and O–H groups in total. The van der Waals surface area contributed by atoms with Crippen LogP contribution in [0.1, 0.15) is 0 Å². The summed E-state index contributed by atoms with van der Waals surface area (Å²) in [6.45, 7) is 0.320. The van der Waals surface area contributed by atoms with E-state index in [1.54, 1.807) is 0 Å². The second-order valence-corrected chi connectivity index (χ2v) is 3.91. The fourth-order valence-electron chi connectivity index (χ4n) is 0.768. The van der Waals surface area contributed by atoms with Gasteiger partial charge < -0.3 is 5.32 Å². The van der Waals surface area contributed by atoms with Gasteiger partial charge in [-0.05, 0) is 34.1 Å². The van der Waals surface area contributed by atoms with Gasteiger partial charge in [0.05, 0.1) is 6.07 Å². The van der Waals surface area contributed by atoms with Crippen molar-refractivity contribution < 1.29 is 0 Å². The maximum atomic E-state index is 8.34. The molecule has 1 aromatic carbocycles. The number of anilines is 1. The van der Waals surface area contributed by atoms with E-state index in [9.17, 15) is 0 Å². The van der Waals surface area contributed by atoms with Crippen molar-refractivity contribution in [1.29, 1.82) is 5.26 Å². The molecule has 12 heavy (non-hydrogen) atoms. The Kier molecular flexibility index (Phi) is 3.57. The molecular weight excluding hydrogens is 284 g/mol. The van der Waals surface area contributed by atoms with E-state index in [4.69, 9.17) is 5.26 Å². The molecule has 0 aliphatic carbocycles. The first kappa shape index (κ1) is 9.56. The quantitative estimate of drug-likeness (QED) is 0.849. The minimum atomic E-state index is 0.320. The first-order valence-corrected chi connectivity index (χ1v) is 4.88. The van der Waals surface area contributed by atoms with Crippen molar-refractivity contribution in [3.63, 3.8) is 0 Å². The summed E-state index contributed by atoms with van der Waals surface area (Å²) < 4.78 is 1.96. The smallest absolute Gasteiger partial charge is 0.103 e. The maximum Gasteiger partial charge on any atom is 0.103 e. The van der Waals surface area contributed by atoms with Gasteiger partial charge in [-0.1, -0.05) is 15.9 Å². The predicted octanol–water partition coefficient (Wildman–Crippen LogP) is 3.15. The highest BCUT2D eigenvalue weighted by molar-refractivity contribution is 9.11. The zero-order valence-corrected chi connectivity index (χ0v) is 9.31. The molecule has 0 unspecified atom stereocenters. The number of benzene rings is 1. The number of nitrogens with one attached hydrogen (secondary N) is 1. The van der Waals surface area contributed by atoms with E-state index in [0.29, 0.717) is 6.54 Å². The molecule has 0 saturated heterocycles. The SMILES string of the molecule is N#CCNc1ccc(Br)cc1Br. The molecule has 2 nitrogen and oxygen atoms in total. The number of hydrogen-bond acceptors (Lipinski definition) is 2. The van der Waals surface area contributed by atoms with Crippen LogP contribution in [-0.4, -0.2) is 6.54 Å². The molecule has 0 aliphatic rings. The second-order valence-electron chi connectivity index (χ2n) is 2.14. The molecule has 0 fully saturated rings. The van der Waals surface area contributed by atoms with Crippen molar-refractivity contribution >= 4 is 37.5 Å². The average Bonchev–Trinajstić information content (AvgIpc) is 2.03. The first-order chi connectivity index (χ1) is 5.74. The van der Waals surface area contributed by atoms with Gasteiger partial charge in [0, 0.05) is 14.6 Å². The van der Waals surface area contributed by atoms with Gasteiger partial charge in [-0.2, -0.15) is 5.26 Å². The van der Waals surface area contributed by atoms with Crippen LogP contribution in [0.4, 0.5) is 5.69 Å². The molecule has 1 aromatic rings. The van der Waals surface area contributed by atoms with Gasteiger partial charge in [-0.25, -0.2) is 0 Å². The number of nitrogens with zero attached hydrogens (tertiary/aromatic N) is 1. The topological polar surface area (TPSA) is 35.8 Å². The van der Waals surface area contributed by atoms with E-state index >= 15 is 0 Å². The minimum absolute atomic E-state index is 0.320. The molecule has 0 bridgehead atoms. The molecule has 0 amide bonds. The highest BCUT2D eigenvalue weighted by atomic mass is 79.9. The van der Waals surface area contributed by atoms with E-state index < -0.39 is 0 Å². The summed E-state index contributed by atoms with van der Waals surface area (Å²) in [5.41, 5.74) is 0.930. The van der Waals surface area contributed by atoms with Crippen molar-refractivity contribution in [2.75, 3.05) is 11.9 Å². The summed E-state index contributed by atoms with van der Waals surface area (Å²) in [7, 11) is 0. The number of hydrogen-bond donors (Lipinski definition) is 1. The van der Waals surface area contributed by atoms with Crippen LogP contribution in [0.2, 0.25) is 0 Å². The standard InChI is InChI=1S/C8H6Br2N2/c9-6-1-2-8(7(10)5-6)12-4-3-11/h1-2,5,12H,4H2. The molecule has 1 rings (SSSR count). The lowest BCUT2D eigenvalue weighted by Gasteiger charge is -2.04. The summed E-state index contributed by atoms with van der Waals surface area (Å²) in [5.74, 6) is 0. The van der Waals surface area contributed by atoms with Gasteiger partial charge in [0.1, 0.15) is 6.54 Å². The van der Waals surface area contributed by atoms with E-state index in [0.717, 1.165) is 14.6 Å². The van der Waals surface area contributed by atoms with Crippen molar-refractivity contribution in [1.82, 2.24) is 0 Å². The molecule has 0 saturated carbocycles. The number of nitriles is 1. The van der Waals surface area contributed by atoms with E-state index in [1.165, 1.54) is 0 Å². The molecule has 0 radical (unpaired) electrons. The second kappa shape index (κ2) is 4.48. The van der Waals surface area contributed by atoms with Crippen LogP contribution in [-0.2, 0) is 0 Å². The van der Waals surface area contributed by atoms with E-state index in [2.05, 4.69) is 37.2 Å². The maximum absolute atomic E-state index is 8.34. The Balaban J connectivity index is 2.81. The monoisotopic (exact) mass is 288 g/mol. The Morgan fingerprint density at radius 2 is 2.17 bits per heavy atom. The first-order valence-electron chi connectivity index (χ1n) is 3.30. The van der Waals surface area contributed by atoms with Crippen LogP contribution in [0.25, 0.3) is 0 Å². The fraction of sp³-hybridized carbons (Fsp3) is 0.125. The Labute approximate surface area is 87.8 Å². The summed E-state index contributed by atoms with van der Waals surface area (Å²) >= 11 is 6.72. The van der Waals surface area contributed by atoms with E-state index in [1.807, 2.05) is 24.3 Å². The van der Waals surface area contributed by atoms with Crippen molar-refractivity contribution in [2.45, 2.75) is 0 Å². The third-order valence-electron chi connectivity index (χ3n) is 1.29. The predicted molar refractivity (Wildman–Crippen MR) is 55.9 cm³/mol. The normalized spacial score (nSPS) is 9.08. The lowest BCUT2D eigenvalue weighted by atomic mass is 10.3. The van der Waals surface area contributed by atoms with Crippen molar-refractivity contribution in [3.8, 4) is 6.07 Å². The van der Waals surface area contributed by atoms with Crippen LogP contribution in [0.15, 0.2) is 27.1 Å². The lowest BCUT2D eigenvalue weighted by molar-refractivity contribution is 1.31. The third kappa shape index (κ3) is 2.50. The summed E-state index contributed by atoms with van der Waals surface area (Å²) in [5, 5.41) is 11.3. The average molecular weight is 290 g/mol. The molecule has 0 atom stereocenters. The summed E-state index contributed by atoms with van der Waals surface area (Å²) in [6, 6.07) is 7.77. The van der Waals surface area contributed by atoms with Gasteiger partial charge in [-0.15, -0.1) is 0 Å². The molecular formula is C8H6Br2N2. The lowest BCUT2D eigenvalue weighted by Crippen LogP contribution is -1.98. The van der Waals surface area contributed by atoms with Crippen LogP contribution in [0, 0.1) is 11.3 Å². The van der Waals surface area contributed by atoms with Gasteiger partial charge >= 0.3 is 0 Å². The molecule has 0 spiro atoms. The highest BCUT2D eigenvalue weighted by Crippen LogP contribution is 2.25. The van der Waals surface area contributed by atoms with Gasteiger partial charge in [0.25, 0.3) is 0 Å². The van der Waals surface area contributed by atoms with Gasteiger partial charge in [0.2, 0.25) is 0 Å². The van der Waals surface area contributed by atoms with Crippen LogP contribution in [0.3, 0.4) is 0 Å². The summed E-state index contributed by atoms with van der Waals surface area (Å²) in [4.78, 5) is 0.